The maximum atomic E-state index is 12.4. The first-order valence-corrected chi connectivity index (χ1v) is 5.75. The zero-order valence-corrected chi connectivity index (χ0v) is 9.85. The molecule has 15 heavy (non-hydrogen) atoms. The Labute approximate surface area is 97.4 Å². The number of benzene rings is 1. The van der Waals surface area contributed by atoms with Crippen LogP contribution in [0.15, 0.2) is 29.2 Å². The van der Waals surface area contributed by atoms with Crippen molar-refractivity contribution >= 4 is 16.6 Å². The van der Waals surface area contributed by atoms with Crippen LogP contribution in [0.4, 0.5) is 0 Å². The quantitative estimate of drug-likeness (QED) is 0.795. The lowest BCUT2D eigenvalue weighted by molar-refractivity contribution is -0.118. The number of rotatable bonds is 3. The van der Waals surface area contributed by atoms with E-state index < -0.39 is 28.2 Å². The monoisotopic (exact) mass is 227 g/mol. The summed E-state index contributed by atoms with van der Waals surface area (Å²) >= 11 is 0. The Morgan fingerprint density at radius 2 is 1.93 bits per heavy atom. The van der Waals surface area contributed by atoms with Crippen molar-refractivity contribution in [3.63, 3.8) is 0 Å². The van der Waals surface area contributed by atoms with Gasteiger partial charge in [0.25, 0.3) is 0 Å². The predicted molar refractivity (Wildman–Crippen MR) is 62.3 cm³/mol. The predicted octanol–water partition coefficient (Wildman–Crippen LogP) is 2.47. The van der Waals surface area contributed by atoms with Crippen molar-refractivity contribution in [3.8, 4) is 0 Å². The standard InChI is InChI=1S/C12H16O2S/c1-9-5-7-11(8-6-9)15(14)12(3,4)10(2)13/h5-8H,1-4H3/t15-/m1/s1/i3D3/t12-,15+/m0. The fourth-order valence-corrected chi connectivity index (χ4v) is 2.14. The molecule has 0 saturated heterocycles. The van der Waals surface area contributed by atoms with Crippen LogP contribution in [0.25, 0.3) is 0 Å². The van der Waals surface area contributed by atoms with E-state index in [0.717, 1.165) is 5.56 Å². The molecule has 0 N–H and O–H groups in total. The smallest absolute Gasteiger partial charge is 0.148 e. The molecule has 2 nitrogen and oxygen atoms in total. The van der Waals surface area contributed by atoms with Gasteiger partial charge in [-0.2, -0.15) is 0 Å². The summed E-state index contributed by atoms with van der Waals surface area (Å²) in [5.74, 6) is -0.596. The summed E-state index contributed by atoms with van der Waals surface area (Å²) in [5, 5.41) is 0. The van der Waals surface area contributed by atoms with E-state index >= 15 is 0 Å². The first-order chi connectivity index (χ1) is 8.10. The molecule has 0 bridgehead atoms. The van der Waals surface area contributed by atoms with E-state index in [0.29, 0.717) is 4.90 Å². The normalized spacial score (nSPS) is 20.6. The van der Waals surface area contributed by atoms with Crippen LogP contribution in [0.3, 0.4) is 0 Å². The SMILES string of the molecule is [2H]C([2H])([2H])[C@](C)(C(C)=O)[S@](=O)c1ccc(C)cc1. The molecule has 0 aliphatic heterocycles. The lowest BCUT2D eigenvalue weighted by atomic mass is 10.1. The second-order valence-corrected chi connectivity index (χ2v) is 5.50. The van der Waals surface area contributed by atoms with E-state index in [1.165, 1.54) is 13.8 Å². The van der Waals surface area contributed by atoms with Gasteiger partial charge in [-0.15, -0.1) is 0 Å². The van der Waals surface area contributed by atoms with Crippen molar-refractivity contribution < 1.29 is 13.1 Å². The Morgan fingerprint density at radius 3 is 2.33 bits per heavy atom. The second-order valence-electron chi connectivity index (χ2n) is 3.67. The number of Topliss-reactive ketones (excluding diaryl/α,β-unsaturated/α-hetero) is 1. The molecule has 0 aromatic heterocycles. The van der Waals surface area contributed by atoms with Crippen molar-refractivity contribution in [2.45, 2.75) is 37.3 Å². The molecule has 3 heteroatoms. The highest BCUT2D eigenvalue weighted by atomic mass is 32.2. The van der Waals surface area contributed by atoms with Crippen LogP contribution in [0, 0.1) is 6.92 Å². The Bertz CT molecular complexity index is 479. The lowest BCUT2D eigenvalue weighted by Gasteiger charge is -2.20. The number of carbonyl (C=O) groups is 1. The van der Waals surface area contributed by atoms with Gasteiger partial charge >= 0.3 is 0 Å². The third-order valence-electron chi connectivity index (χ3n) is 2.28. The molecule has 0 amide bonds. The van der Waals surface area contributed by atoms with Crippen LogP contribution in [0.2, 0.25) is 0 Å². The van der Waals surface area contributed by atoms with Crippen LogP contribution in [-0.2, 0) is 15.6 Å². The summed E-state index contributed by atoms with van der Waals surface area (Å²) in [7, 11) is -1.91. The minimum Gasteiger partial charge on any atom is -0.298 e. The van der Waals surface area contributed by atoms with Gasteiger partial charge in [-0.3, -0.25) is 9.00 Å². The number of hydrogen-bond acceptors (Lipinski definition) is 2. The van der Waals surface area contributed by atoms with Crippen LogP contribution in [0.5, 0.6) is 0 Å². The second kappa shape index (κ2) is 4.27. The van der Waals surface area contributed by atoms with Crippen molar-refractivity contribution in [2.24, 2.45) is 0 Å². The van der Waals surface area contributed by atoms with E-state index in [1.54, 1.807) is 24.3 Å². The average Bonchev–Trinajstić information content (AvgIpc) is 2.26. The number of carbonyl (C=O) groups excluding carboxylic acids is 1. The van der Waals surface area contributed by atoms with Crippen LogP contribution in [0.1, 0.15) is 30.4 Å². The first kappa shape index (κ1) is 8.22. The summed E-state index contributed by atoms with van der Waals surface area (Å²) in [5.41, 5.74) is 0.981. The van der Waals surface area contributed by atoms with E-state index in [9.17, 15) is 9.00 Å². The molecule has 0 saturated carbocycles. The molecule has 1 aromatic rings. The van der Waals surface area contributed by atoms with Gasteiger partial charge in [0.05, 0.1) is 10.8 Å². The zero-order chi connectivity index (χ0) is 14.1. The van der Waals surface area contributed by atoms with Gasteiger partial charge < -0.3 is 0 Å². The first-order valence-electron chi connectivity index (χ1n) is 6.10. The summed E-state index contributed by atoms with van der Waals surface area (Å²) in [6, 6.07) is 6.68. The molecule has 0 heterocycles. The van der Waals surface area contributed by atoms with Crippen molar-refractivity contribution in [3.05, 3.63) is 29.8 Å². The highest BCUT2D eigenvalue weighted by molar-refractivity contribution is 7.87. The minimum absolute atomic E-state index is 0.356. The molecule has 0 aliphatic rings. The van der Waals surface area contributed by atoms with Gasteiger partial charge in [0.1, 0.15) is 10.5 Å². The third-order valence-corrected chi connectivity index (χ3v) is 4.01. The Balaban J connectivity index is 3.29. The summed E-state index contributed by atoms with van der Waals surface area (Å²) < 4.78 is 32.9. The molecule has 0 spiro atoms. The van der Waals surface area contributed by atoms with Gasteiger partial charge in [0.15, 0.2) is 0 Å². The molecular weight excluding hydrogens is 208 g/mol. The zero-order valence-electron chi connectivity index (χ0n) is 12.0. The van der Waals surface area contributed by atoms with Gasteiger partial charge in [0, 0.05) is 9.01 Å². The van der Waals surface area contributed by atoms with Crippen molar-refractivity contribution in [1.82, 2.24) is 0 Å². The minimum atomic E-state index is -2.60. The average molecular weight is 227 g/mol. The van der Waals surface area contributed by atoms with Gasteiger partial charge in [0.2, 0.25) is 0 Å². The van der Waals surface area contributed by atoms with Crippen LogP contribution < -0.4 is 0 Å². The Morgan fingerprint density at radius 1 is 1.40 bits per heavy atom. The topological polar surface area (TPSA) is 34.1 Å². The van der Waals surface area contributed by atoms with Gasteiger partial charge in [-0.25, -0.2) is 0 Å². The summed E-state index contributed by atoms with van der Waals surface area (Å²) in [6.07, 6.45) is 0. The molecule has 1 aromatic carbocycles. The number of ketones is 1. The molecule has 1 rings (SSSR count). The summed E-state index contributed by atoms with van der Waals surface area (Å²) in [4.78, 5) is 12.0. The maximum absolute atomic E-state index is 12.4. The molecule has 0 fully saturated rings. The molecule has 82 valence electrons. The third kappa shape index (κ3) is 2.53. The van der Waals surface area contributed by atoms with E-state index in [2.05, 4.69) is 0 Å². The fraction of sp³-hybridized carbons (Fsp3) is 0.417. The fourth-order valence-electron chi connectivity index (χ4n) is 1.03. The van der Waals surface area contributed by atoms with Crippen molar-refractivity contribution in [2.75, 3.05) is 0 Å². The number of hydrogen-bond donors (Lipinski definition) is 0. The Kier molecular flexibility index (Phi) is 2.34. The Hall–Kier alpha value is -0.960. The molecule has 0 aliphatic carbocycles. The van der Waals surface area contributed by atoms with E-state index in [4.69, 9.17) is 4.11 Å². The van der Waals surface area contributed by atoms with E-state index in [-0.39, 0.29) is 0 Å². The van der Waals surface area contributed by atoms with Crippen molar-refractivity contribution in [1.29, 1.82) is 0 Å². The highest BCUT2D eigenvalue weighted by Gasteiger charge is 2.32. The van der Waals surface area contributed by atoms with Gasteiger partial charge in [-0.1, -0.05) is 17.7 Å². The highest BCUT2D eigenvalue weighted by Crippen LogP contribution is 2.22. The van der Waals surface area contributed by atoms with Crippen LogP contribution >= 0.6 is 0 Å². The number of aryl methyl sites for hydroxylation is 1. The lowest BCUT2D eigenvalue weighted by Crippen LogP contribution is -2.34. The molecule has 0 unspecified atom stereocenters. The summed E-state index contributed by atoms with van der Waals surface area (Å²) in [6.45, 7) is 1.67. The largest absolute Gasteiger partial charge is 0.298 e. The molecule has 2 atom stereocenters. The van der Waals surface area contributed by atoms with Gasteiger partial charge in [-0.05, 0) is 39.8 Å². The molecule has 0 radical (unpaired) electrons. The maximum Gasteiger partial charge on any atom is 0.148 e. The molecular formula is C12H16O2S. The van der Waals surface area contributed by atoms with E-state index in [1.807, 2.05) is 6.92 Å². The van der Waals surface area contributed by atoms with Crippen LogP contribution in [-0.4, -0.2) is 14.7 Å².